The number of anilines is 1. The van der Waals surface area contributed by atoms with Crippen LogP contribution in [0.2, 0.25) is 0 Å². The van der Waals surface area contributed by atoms with Gasteiger partial charge >= 0.3 is 0 Å². The lowest BCUT2D eigenvalue weighted by atomic mass is 10.2. The summed E-state index contributed by atoms with van der Waals surface area (Å²) in [4.78, 5) is 21.5. The average Bonchev–Trinajstić information content (AvgIpc) is 3.35. The summed E-state index contributed by atoms with van der Waals surface area (Å²) in [6.07, 6.45) is 2.23. The van der Waals surface area contributed by atoms with Crippen LogP contribution >= 0.6 is 11.3 Å². The second kappa shape index (κ2) is 9.13. The minimum absolute atomic E-state index is 0.0634. The van der Waals surface area contributed by atoms with Crippen molar-refractivity contribution in [3.05, 3.63) is 71.6 Å². The molecule has 0 N–H and O–H groups in total. The molecule has 0 spiro atoms. The maximum absolute atomic E-state index is 14.2. The molecule has 0 saturated heterocycles. The highest BCUT2D eigenvalue weighted by Crippen LogP contribution is 2.32. The van der Waals surface area contributed by atoms with Crippen LogP contribution in [0.4, 0.5) is 13.9 Å². The van der Waals surface area contributed by atoms with E-state index in [0.29, 0.717) is 34.1 Å². The van der Waals surface area contributed by atoms with Crippen molar-refractivity contribution in [3.8, 4) is 5.69 Å². The van der Waals surface area contributed by atoms with Crippen LogP contribution in [0.25, 0.3) is 15.9 Å². The molecule has 2 aromatic heterocycles. The predicted molar refractivity (Wildman–Crippen MR) is 123 cm³/mol. The average molecular weight is 456 g/mol. The molecule has 0 fully saturated rings. The number of nitrogens with zero attached hydrogens (tertiary/aromatic N) is 5. The summed E-state index contributed by atoms with van der Waals surface area (Å²) in [5.41, 5.74) is 2.04. The highest BCUT2D eigenvalue weighted by atomic mass is 32.1. The highest BCUT2D eigenvalue weighted by Gasteiger charge is 2.25. The maximum Gasteiger partial charge on any atom is 0.263 e. The number of amides is 1. The van der Waals surface area contributed by atoms with E-state index in [1.165, 1.54) is 17.2 Å². The lowest BCUT2D eigenvalue weighted by Crippen LogP contribution is -2.33. The Morgan fingerprint density at radius 3 is 2.59 bits per heavy atom. The van der Waals surface area contributed by atoms with Gasteiger partial charge in [0, 0.05) is 12.6 Å². The van der Waals surface area contributed by atoms with E-state index < -0.39 is 11.6 Å². The van der Waals surface area contributed by atoms with Crippen molar-refractivity contribution in [2.24, 2.45) is 0 Å². The van der Waals surface area contributed by atoms with Gasteiger partial charge in [-0.1, -0.05) is 29.5 Å². The summed E-state index contributed by atoms with van der Waals surface area (Å²) < 4.78 is 30.0. The van der Waals surface area contributed by atoms with Gasteiger partial charge in [0.05, 0.1) is 27.8 Å². The number of fused-ring (bicyclic) bond motifs is 1. The van der Waals surface area contributed by atoms with Crippen LogP contribution in [0.3, 0.4) is 0 Å². The van der Waals surface area contributed by atoms with E-state index in [2.05, 4.69) is 10.1 Å². The lowest BCUT2D eigenvalue weighted by molar-refractivity contribution is 0.0985. The van der Waals surface area contributed by atoms with Crippen LogP contribution < -0.4 is 4.90 Å². The second-order valence-corrected chi connectivity index (χ2v) is 8.74. The Bertz CT molecular complexity index is 1250. The zero-order valence-electron chi connectivity index (χ0n) is 18.0. The van der Waals surface area contributed by atoms with Gasteiger partial charge in [0.1, 0.15) is 11.3 Å². The lowest BCUT2D eigenvalue weighted by Gasteiger charge is -2.21. The normalized spacial score (nSPS) is 11.4. The number of para-hydroxylation sites is 1. The minimum Gasteiger partial charge on any atom is -0.309 e. The zero-order chi connectivity index (χ0) is 22.8. The van der Waals surface area contributed by atoms with Gasteiger partial charge < -0.3 is 4.90 Å². The smallest absolute Gasteiger partial charge is 0.263 e. The molecule has 0 radical (unpaired) electrons. The molecule has 1 amide bonds. The number of aromatic nitrogens is 3. The van der Waals surface area contributed by atoms with Gasteiger partial charge in [-0.05, 0) is 52.2 Å². The number of rotatable bonds is 7. The first-order valence-corrected chi connectivity index (χ1v) is 11.0. The van der Waals surface area contributed by atoms with Gasteiger partial charge in [-0.15, -0.1) is 0 Å². The molecule has 0 aliphatic carbocycles. The first kappa shape index (κ1) is 22.0. The molecule has 6 nitrogen and oxygen atoms in total. The van der Waals surface area contributed by atoms with Crippen LogP contribution in [0, 0.1) is 18.6 Å². The van der Waals surface area contributed by atoms with Gasteiger partial charge in [0.15, 0.2) is 10.9 Å². The second-order valence-electron chi connectivity index (χ2n) is 7.74. The number of halogens is 2. The van der Waals surface area contributed by atoms with Gasteiger partial charge in [-0.25, -0.2) is 18.4 Å². The third-order valence-electron chi connectivity index (χ3n) is 5.11. The largest absolute Gasteiger partial charge is 0.309 e. The number of hydrogen-bond donors (Lipinski definition) is 0. The molecule has 9 heteroatoms. The third kappa shape index (κ3) is 4.39. The number of benzene rings is 2. The topological polar surface area (TPSA) is 54.3 Å². The number of hydrogen-bond acceptors (Lipinski definition) is 5. The molecule has 2 heterocycles. The molecule has 0 unspecified atom stereocenters. The first-order chi connectivity index (χ1) is 15.3. The van der Waals surface area contributed by atoms with Crippen molar-refractivity contribution < 1.29 is 13.6 Å². The number of thiazole rings is 1. The van der Waals surface area contributed by atoms with Crippen molar-refractivity contribution >= 4 is 32.6 Å². The molecule has 2 aromatic carbocycles. The predicted octanol–water partition coefficient (Wildman–Crippen LogP) is 4.67. The Morgan fingerprint density at radius 2 is 1.88 bits per heavy atom. The van der Waals surface area contributed by atoms with Crippen molar-refractivity contribution in [1.29, 1.82) is 0 Å². The van der Waals surface area contributed by atoms with Crippen molar-refractivity contribution in [2.45, 2.75) is 13.3 Å². The fourth-order valence-corrected chi connectivity index (χ4v) is 4.51. The number of carbonyl (C=O) groups excluding carboxylic acids is 1. The summed E-state index contributed by atoms with van der Waals surface area (Å²) >= 11 is 1.10. The first-order valence-electron chi connectivity index (χ1n) is 10.2. The Kier molecular flexibility index (Phi) is 6.29. The molecule has 0 aliphatic rings. The molecule has 4 rings (SSSR count). The van der Waals surface area contributed by atoms with Crippen LogP contribution in [-0.4, -0.2) is 52.8 Å². The Morgan fingerprint density at radius 1 is 1.12 bits per heavy atom. The maximum atomic E-state index is 14.2. The molecule has 0 saturated carbocycles. The van der Waals surface area contributed by atoms with E-state index in [1.807, 2.05) is 56.3 Å². The molecule has 4 aromatic rings. The molecule has 166 valence electrons. The van der Waals surface area contributed by atoms with Gasteiger partial charge in [0.2, 0.25) is 0 Å². The Hall–Kier alpha value is -3.17. The van der Waals surface area contributed by atoms with Crippen molar-refractivity contribution in [3.63, 3.8) is 0 Å². The van der Waals surface area contributed by atoms with E-state index in [1.54, 1.807) is 4.68 Å². The van der Waals surface area contributed by atoms with E-state index in [0.717, 1.165) is 29.6 Å². The summed E-state index contributed by atoms with van der Waals surface area (Å²) in [6.45, 7) is 2.98. The molecular formula is C23H23F2N5OS. The fraction of sp³-hybridized carbons (Fsp3) is 0.261. The SMILES string of the molecule is Cc1c(C(=O)N(CCCN(C)C)c2nc3c(F)cc(F)cc3s2)cnn1-c1ccccc1. The zero-order valence-corrected chi connectivity index (χ0v) is 18.9. The van der Waals surface area contributed by atoms with E-state index >= 15 is 0 Å². The third-order valence-corrected chi connectivity index (χ3v) is 6.13. The standard InChI is InChI=1S/C23H23F2N5OS/c1-15-18(14-26-30(15)17-8-5-4-6-9-17)22(31)29(11-7-10-28(2)3)23-27-21-19(25)12-16(24)13-20(21)32-23/h4-6,8-9,12-14H,7,10-11H2,1-3H3. The van der Waals surface area contributed by atoms with E-state index in [4.69, 9.17) is 0 Å². The molecule has 0 aliphatic heterocycles. The summed E-state index contributed by atoms with van der Waals surface area (Å²) in [5, 5.41) is 4.73. The quantitative estimate of drug-likeness (QED) is 0.407. The van der Waals surface area contributed by atoms with Gasteiger partial charge in [-0.2, -0.15) is 5.10 Å². The van der Waals surface area contributed by atoms with Crippen LogP contribution in [0.1, 0.15) is 22.5 Å². The number of carbonyl (C=O) groups is 1. The molecule has 0 atom stereocenters. The summed E-state index contributed by atoms with van der Waals surface area (Å²) in [7, 11) is 3.91. The van der Waals surface area contributed by atoms with Crippen LogP contribution in [0.15, 0.2) is 48.7 Å². The summed E-state index contributed by atoms with van der Waals surface area (Å²) in [5.74, 6) is -1.68. The Labute approximate surface area is 188 Å². The van der Waals surface area contributed by atoms with E-state index in [-0.39, 0.29) is 11.4 Å². The highest BCUT2D eigenvalue weighted by molar-refractivity contribution is 7.22. The molecule has 0 bridgehead atoms. The van der Waals surface area contributed by atoms with E-state index in [9.17, 15) is 13.6 Å². The van der Waals surface area contributed by atoms with Gasteiger partial charge in [0.25, 0.3) is 5.91 Å². The minimum atomic E-state index is -0.740. The van der Waals surface area contributed by atoms with Crippen molar-refractivity contribution in [1.82, 2.24) is 19.7 Å². The fourth-order valence-electron chi connectivity index (χ4n) is 3.48. The monoisotopic (exact) mass is 455 g/mol. The molecular weight excluding hydrogens is 432 g/mol. The van der Waals surface area contributed by atoms with Gasteiger partial charge in [-0.3, -0.25) is 9.69 Å². The summed E-state index contributed by atoms with van der Waals surface area (Å²) in [6, 6.07) is 11.6. The van der Waals surface area contributed by atoms with Crippen LogP contribution in [0.5, 0.6) is 0 Å². The van der Waals surface area contributed by atoms with Crippen LogP contribution in [-0.2, 0) is 0 Å². The van der Waals surface area contributed by atoms with Crippen molar-refractivity contribution in [2.75, 3.05) is 32.1 Å². The Balaban J connectivity index is 1.72. The molecule has 32 heavy (non-hydrogen) atoms.